The number of carbonyl (C=O) groups excluding carboxylic acids is 1. The molecule has 1 aromatic heterocycles. The summed E-state index contributed by atoms with van der Waals surface area (Å²) in [5, 5.41) is 2.97. The van der Waals surface area contributed by atoms with E-state index in [0.29, 0.717) is 16.9 Å². The second kappa shape index (κ2) is 7.26. The van der Waals surface area contributed by atoms with Crippen molar-refractivity contribution in [2.24, 2.45) is 0 Å². The summed E-state index contributed by atoms with van der Waals surface area (Å²) in [6, 6.07) is 16.0. The molecule has 0 saturated heterocycles. The molecule has 4 nitrogen and oxygen atoms in total. The van der Waals surface area contributed by atoms with Gasteiger partial charge in [0.15, 0.2) is 0 Å². The van der Waals surface area contributed by atoms with Crippen molar-refractivity contribution in [3.63, 3.8) is 0 Å². The molecule has 1 heterocycles. The second-order valence-electron chi connectivity index (χ2n) is 5.33. The van der Waals surface area contributed by atoms with Gasteiger partial charge in [0.25, 0.3) is 0 Å². The van der Waals surface area contributed by atoms with Crippen molar-refractivity contribution in [3.05, 3.63) is 84.1 Å². The number of halogens is 3. The van der Waals surface area contributed by atoms with E-state index in [4.69, 9.17) is 4.74 Å². The van der Waals surface area contributed by atoms with Gasteiger partial charge in [-0.2, -0.15) is 13.2 Å². The molecular formula is C19H13F3N2O2. The Hall–Kier alpha value is -3.35. The van der Waals surface area contributed by atoms with Crippen LogP contribution in [0.5, 0.6) is 5.88 Å². The van der Waals surface area contributed by atoms with Crippen LogP contribution in [0.2, 0.25) is 0 Å². The van der Waals surface area contributed by atoms with Crippen molar-refractivity contribution >= 4 is 17.3 Å². The molecule has 132 valence electrons. The highest BCUT2D eigenvalue weighted by Gasteiger charge is 2.29. The van der Waals surface area contributed by atoms with E-state index in [0.717, 1.165) is 12.1 Å². The van der Waals surface area contributed by atoms with Gasteiger partial charge in [-0.15, -0.1) is 0 Å². The van der Waals surface area contributed by atoms with E-state index in [2.05, 4.69) is 10.3 Å². The third kappa shape index (κ3) is 4.38. The minimum Gasteiger partial charge on any atom is -0.404 e. The van der Waals surface area contributed by atoms with E-state index < -0.39 is 17.7 Å². The third-order valence-corrected chi connectivity index (χ3v) is 3.46. The van der Waals surface area contributed by atoms with E-state index in [9.17, 15) is 18.0 Å². The zero-order valence-electron chi connectivity index (χ0n) is 13.3. The van der Waals surface area contributed by atoms with Crippen LogP contribution in [-0.4, -0.2) is 11.0 Å². The number of hydrogen-bond donors (Lipinski definition) is 1. The van der Waals surface area contributed by atoms with Gasteiger partial charge in [0.1, 0.15) is 0 Å². The number of nitrogens with zero attached hydrogens (tertiary/aromatic N) is 1. The van der Waals surface area contributed by atoms with Gasteiger partial charge in [-0.1, -0.05) is 6.07 Å². The summed E-state index contributed by atoms with van der Waals surface area (Å²) < 4.78 is 42.8. The summed E-state index contributed by atoms with van der Waals surface area (Å²) in [6.45, 7) is 0. The lowest BCUT2D eigenvalue weighted by atomic mass is 10.1. The van der Waals surface area contributed by atoms with Crippen molar-refractivity contribution < 1.29 is 22.7 Å². The summed E-state index contributed by atoms with van der Waals surface area (Å²) in [4.78, 5) is 15.9. The molecule has 0 aliphatic rings. The molecule has 0 aliphatic carbocycles. The van der Waals surface area contributed by atoms with Crippen molar-refractivity contribution in [1.29, 1.82) is 0 Å². The van der Waals surface area contributed by atoms with E-state index in [1.54, 1.807) is 42.5 Å². The van der Waals surface area contributed by atoms with Crippen LogP contribution in [0, 0.1) is 0 Å². The Labute approximate surface area is 147 Å². The smallest absolute Gasteiger partial charge is 0.404 e. The number of anilines is 2. The van der Waals surface area contributed by atoms with Crippen LogP contribution in [0.15, 0.2) is 72.9 Å². The molecule has 0 amide bonds. The van der Waals surface area contributed by atoms with Crippen LogP contribution in [0.1, 0.15) is 15.9 Å². The number of pyridine rings is 1. The van der Waals surface area contributed by atoms with Gasteiger partial charge in [0.05, 0.1) is 11.1 Å². The zero-order chi connectivity index (χ0) is 18.6. The molecule has 0 atom stereocenters. The summed E-state index contributed by atoms with van der Waals surface area (Å²) in [7, 11) is 0. The predicted octanol–water partition coefficient (Wildman–Crippen LogP) is 5.06. The Balaban J connectivity index is 1.65. The number of nitrogens with one attached hydrogen (secondary N) is 1. The second-order valence-corrected chi connectivity index (χ2v) is 5.33. The van der Waals surface area contributed by atoms with Crippen LogP contribution < -0.4 is 10.1 Å². The fourth-order valence-corrected chi connectivity index (χ4v) is 2.16. The Kier molecular flexibility index (Phi) is 4.88. The number of carbonyl (C=O) groups is 1. The highest BCUT2D eigenvalue weighted by Crippen LogP contribution is 2.30. The Bertz CT molecular complexity index is 877. The van der Waals surface area contributed by atoms with Gasteiger partial charge in [-0.05, 0) is 54.6 Å². The minimum atomic E-state index is -4.37. The van der Waals surface area contributed by atoms with Gasteiger partial charge in [0.2, 0.25) is 5.88 Å². The number of aromatic nitrogens is 1. The van der Waals surface area contributed by atoms with E-state index >= 15 is 0 Å². The molecule has 0 aliphatic heterocycles. The molecule has 26 heavy (non-hydrogen) atoms. The average Bonchev–Trinajstić information content (AvgIpc) is 2.63. The van der Waals surface area contributed by atoms with Gasteiger partial charge < -0.3 is 10.1 Å². The molecule has 2 aromatic carbocycles. The van der Waals surface area contributed by atoms with Crippen molar-refractivity contribution in [3.8, 4) is 5.88 Å². The number of hydrogen-bond acceptors (Lipinski definition) is 4. The third-order valence-electron chi connectivity index (χ3n) is 3.46. The lowest BCUT2D eigenvalue weighted by Crippen LogP contribution is -2.09. The Morgan fingerprint density at radius 2 is 1.50 bits per heavy atom. The molecule has 0 unspecified atom stereocenters. The lowest BCUT2D eigenvalue weighted by Gasteiger charge is -2.10. The molecule has 0 fully saturated rings. The highest BCUT2D eigenvalue weighted by atomic mass is 19.4. The predicted molar refractivity (Wildman–Crippen MR) is 90.4 cm³/mol. The molecule has 0 radical (unpaired) electrons. The number of esters is 1. The number of ether oxygens (including phenoxy) is 1. The SMILES string of the molecule is O=C(Oc1ccccn1)c1ccc(Nc2ccc(C(F)(F)F)cc2)cc1. The van der Waals surface area contributed by atoms with E-state index in [1.807, 2.05) is 0 Å². The maximum absolute atomic E-state index is 12.6. The minimum absolute atomic E-state index is 0.199. The largest absolute Gasteiger partial charge is 0.416 e. The molecule has 3 rings (SSSR count). The summed E-state index contributed by atoms with van der Waals surface area (Å²) in [5.74, 6) is -0.353. The van der Waals surface area contributed by atoms with Crippen LogP contribution in [0.25, 0.3) is 0 Å². The molecule has 7 heteroatoms. The maximum atomic E-state index is 12.6. The molecule has 0 spiro atoms. The van der Waals surface area contributed by atoms with Crippen LogP contribution in [-0.2, 0) is 6.18 Å². The van der Waals surface area contributed by atoms with Gasteiger partial charge in [0, 0.05) is 23.6 Å². The molecule has 3 aromatic rings. The van der Waals surface area contributed by atoms with Crippen molar-refractivity contribution in [1.82, 2.24) is 4.98 Å². The maximum Gasteiger partial charge on any atom is 0.416 e. The monoisotopic (exact) mass is 358 g/mol. The average molecular weight is 358 g/mol. The molecule has 0 bridgehead atoms. The number of rotatable bonds is 4. The fraction of sp³-hybridized carbons (Fsp3) is 0.0526. The molecule has 0 saturated carbocycles. The summed E-state index contributed by atoms with van der Waals surface area (Å²) >= 11 is 0. The first-order valence-corrected chi connectivity index (χ1v) is 7.59. The lowest BCUT2D eigenvalue weighted by molar-refractivity contribution is -0.137. The van der Waals surface area contributed by atoms with E-state index in [1.165, 1.54) is 18.3 Å². The Morgan fingerprint density at radius 3 is 2.04 bits per heavy atom. The number of benzene rings is 2. The standard InChI is InChI=1S/C19H13F3N2O2/c20-19(21,22)14-6-10-16(11-7-14)24-15-8-4-13(5-9-15)18(25)26-17-3-1-2-12-23-17/h1-12,24H. The topological polar surface area (TPSA) is 51.2 Å². The van der Waals surface area contributed by atoms with Gasteiger partial charge in [-0.25, -0.2) is 9.78 Å². The highest BCUT2D eigenvalue weighted by molar-refractivity contribution is 5.91. The summed E-state index contributed by atoms with van der Waals surface area (Å²) in [6.07, 6.45) is -2.85. The normalized spacial score (nSPS) is 11.0. The first-order valence-electron chi connectivity index (χ1n) is 7.59. The first-order chi connectivity index (χ1) is 12.4. The van der Waals surface area contributed by atoms with E-state index in [-0.39, 0.29) is 5.88 Å². The van der Waals surface area contributed by atoms with Crippen molar-refractivity contribution in [2.45, 2.75) is 6.18 Å². The number of alkyl halides is 3. The summed E-state index contributed by atoms with van der Waals surface area (Å²) in [5.41, 5.74) is 0.741. The van der Waals surface area contributed by atoms with Crippen molar-refractivity contribution in [2.75, 3.05) is 5.32 Å². The van der Waals surface area contributed by atoms with Gasteiger partial charge in [-0.3, -0.25) is 0 Å². The fourth-order valence-electron chi connectivity index (χ4n) is 2.16. The van der Waals surface area contributed by atoms with Crippen LogP contribution in [0.3, 0.4) is 0 Å². The molecule has 1 N–H and O–H groups in total. The molecular weight excluding hydrogens is 345 g/mol. The quantitative estimate of drug-likeness (QED) is 0.662. The zero-order valence-corrected chi connectivity index (χ0v) is 13.3. The first kappa shape index (κ1) is 17.5. The van der Waals surface area contributed by atoms with Crippen LogP contribution >= 0.6 is 0 Å². The van der Waals surface area contributed by atoms with Gasteiger partial charge >= 0.3 is 12.1 Å². The Morgan fingerprint density at radius 1 is 0.885 bits per heavy atom. The van der Waals surface area contributed by atoms with Crippen LogP contribution in [0.4, 0.5) is 24.5 Å².